The minimum atomic E-state index is -3.87. The highest BCUT2D eigenvalue weighted by Crippen LogP contribution is 2.50. The quantitative estimate of drug-likeness (QED) is 0.263. The largest absolute Gasteiger partial charge is 0.457 e. The lowest BCUT2D eigenvalue weighted by atomic mass is 10.1. The summed E-state index contributed by atoms with van der Waals surface area (Å²) in [7, 11) is 0. The lowest BCUT2D eigenvalue weighted by Crippen LogP contribution is -2.37. The summed E-state index contributed by atoms with van der Waals surface area (Å²) in [5.74, 6) is 0.531. The predicted molar refractivity (Wildman–Crippen MR) is 129 cm³/mol. The molecule has 31 heavy (non-hydrogen) atoms. The number of halogens is 1. The molecule has 0 saturated carbocycles. The third kappa shape index (κ3) is 6.75. The van der Waals surface area contributed by atoms with Gasteiger partial charge in [-0.15, -0.1) is 0 Å². The second-order valence-corrected chi connectivity index (χ2v) is 10.7. The van der Waals surface area contributed by atoms with Crippen LogP contribution in [0.15, 0.2) is 72.8 Å². The number of rotatable bonds is 10. The van der Waals surface area contributed by atoms with E-state index in [-0.39, 0.29) is 0 Å². The Hall–Kier alpha value is -1.98. The van der Waals surface area contributed by atoms with E-state index >= 15 is 0 Å². The number of ether oxygens (including phenoxy) is 1. The molecule has 3 rings (SSSR count). The van der Waals surface area contributed by atoms with Crippen molar-refractivity contribution < 1.29 is 18.6 Å². The Kier molecular flexibility index (Phi) is 8.44. The Morgan fingerprint density at radius 3 is 2.48 bits per heavy atom. The van der Waals surface area contributed by atoms with Crippen molar-refractivity contribution in [3.05, 3.63) is 78.4 Å². The van der Waals surface area contributed by atoms with Gasteiger partial charge in [0, 0.05) is 16.6 Å². The zero-order valence-electron chi connectivity index (χ0n) is 17.4. The van der Waals surface area contributed by atoms with Crippen LogP contribution < -0.4 is 9.61 Å². The molecule has 0 bridgehead atoms. The van der Waals surface area contributed by atoms with E-state index in [1.54, 1.807) is 30.8 Å². The molecule has 1 N–H and O–H groups in total. The second-order valence-electron chi connectivity index (χ2n) is 7.00. The van der Waals surface area contributed by atoms with Gasteiger partial charge in [-0.05, 0) is 42.4 Å². The van der Waals surface area contributed by atoms with Crippen molar-refractivity contribution >= 4 is 46.6 Å². The number of hydrogen-bond acceptors (Lipinski definition) is 5. The summed E-state index contributed by atoms with van der Waals surface area (Å²) in [6, 6.07) is 21.6. The molecular weight excluding hydrogens is 453 g/mol. The minimum absolute atomic E-state index is 0.388. The molecule has 1 unspecified atom stereocenters. The van der Waals surface area contributed by atoms with E-state index in [0.29, 0.717) is 17.9 Å². The maximum atomic E-state index is 13.1. The van der Waals surface area contributed by atoms with Crippen molar-refractivity contribution in [2.45, 2.75) is 25.5 Å². The van der Waals surface area contributed by atoms with Gasteiger partial charge in [0.05, 0.1) is 0 Å². The van der Waals surface area contributed by atoms with Gasteiger partial charge >= 0.3 is 12.8 Å². The minimum Gasteiger partial charge on any atom is -0.457 e. The molecule has 3 aromatic rings. The summed E-state index contributed by atoms with van der Waals surface area (Å²) in [6.45, 7) is -2.07. The SMILES string of the molecule is CSCC[C@H](NP(=O)(Cl)Oc1cccc2ccccc12)C(=O)O[C@@H](C)c1ccccc1. The van der Waals surface area contributed by atoms with Gasteiger partial charge in [-0.25, -0.2) is 9.65 Å². The normalized spacial score (nSPS) is 15.1. The van der Waals surface area contributed by atoms with Crippen molar-refractivity contribution in [1.82, 2.24) is 5.09 Å². The van der Waals surface area contributed by atoms with Crippen molar-refractivity contribution in [1.29, 1.82) is 0 Å². The first-order valence-corrected chi connectivity index (χ1v) is 13.8. The molecule has 0 fully saturated rings. The molecule has 0 heterocycles. The van der Waals surface area contributed by atoms with Crippen LogP contribution in [0.5, 0.6) is 5.75 Å². The maximum absolute atomic E-state index is 13.1. The first-order valence-electron chi connectivity index (χ1n) is 9.89. The van der Waals surface area contributed by atoms with Gasteiger partial charge < -0.3 is 9.26 Å². The Balaban J connectivity index is 1.74. The van der Waals surface area contributed by atoms with Crippen LogP contribution in [-0.4, -0.2) is 24.0 Å². The van der Waals surface area contributed by atoms with Gasteiger partial charge in [-0.1, -0.05) is 66.7 Å². The predicted octanol–water partition coefficient (Wildman–Crippen LogP) is 6.58. The molecule has 0 aliphatic rings. The topological polar surface area (TPSA) is 64.6 Å². The van der Waals surface area contributed by atoms with Crippen molar-refractivity contribution in [2.75, 3.05) is 12.0 Å². The van der Waals surface area contributed by atoms with Gasteiger partial charge in [0.25, 0.3) is 0 Å². The average molecular weight is 478 g/mol. The van der Waals surface area contributed by atoms with Gasteiger partial charge in [-0.3, -0.25) is 4.79 Å². The fourth-order valence-corrected chi connectivity index (χ4v) is 5.25. The molecule has 8 heteroatoms. The number of carbonyl (C=O) groups is 1. The average Bonchev–Trinajstić information content (AvgIpc) is 2.77. The zero-order chi connectivity index (χ0) is 22.3. The third-order valence-corrected chi connectivity index (χ3v) is 6.93. The molecule has 3 atom stereocenters. The van der Waals surface area contributed by atoms with Gasteiger partial charge in [0.2, 0.25) is 0 Å². The molecule has 0 radical (unpaired) electrons. The summed E-state index contributed by atoms with van der Waals surface area (Å²) in [5, 5.41) is 4.43. The number of carbonyl (C=O) groups excluding carboxylic acids is 1. The molecule has 3 aromatic carbocycles. The van der Waals surface area contributed by atoms with E-state index in [1.165, 1.54) is 0 Å². The number of fused-ring (bicyclic) bond motifs is 1. The van der Waals surface area contributed by atoms with Gasteiger partial charge in [-0.2, -0.15) is 11.8 Å². The van der Waals surface area contributed by atoms with Crippen LogP contribution in [0.25, 0.3) is 10.8 Å². The molecule has 0 saturated heterocycles. The molecule has 0 aliphatic heterocycles. The lowest BCUT2D eigenvalue weighted by molar-refractivity contribution is -0.150. The summed E-state index contributed by atoms with van der Waals surface area (Å²) < 4.78 is 24.4. The van der Waals surface area contributed by atoms with E-state index in [1.807, 2.05) is 66.9 Å². The highest BCUT2D eigenvalue weighted by molar-refractivity contribution is 7.98. The summed E-state index contributed by atoms with van der Waals surface area (Å²) in [6.07, 6.45) is 1.89. The lowest BCUT2D eigenvalue weighted by Gasteiger charge is -2.23. The van der Waals surface area contributed by atoms with E-state index < -0.39 is 25.0 Å². The van der Waals surface area contributed by atoms with Gasteiger partial charge in [0.1, 0.15) is 17.9 Å². The van der Waals surface area contributed by atoms with Crippen LogP contribution in [0, 0.1) is 0 Å². The number of thioether (sulfide) groups is 1. The number of nitrogens with one attached hydrogen (secondary N) is 1. The molecule has 0 aliphatic carbocycles. The fraction of sp³-hybridized carbons (Fsp3) is 0.261. The molecule has 0 aromatic heterocycles. The molecule has 0 amide bonds. The van der Waals surface area contributed by atoms with Crippen LogP contribution >= 0.6 is 29.9 Å². The second kappa shape index (κ2) is 11.1. The summed E-state index contributed by atoms with van der Waals surface area (Å²) in [4.78, 5) is 12.8. The van der Waals surface area contributed by atoms with E-state index in [2.05, 4.69) is 5.09 Å². The van der Waals surface area contributed by atoms with Crippen LogP contribution in [0.1, 0.15) is 25.0 Å². The fourth-order valence-electron chi connectivity index (χ4n) is 3.13. The van der Waals surface area contributed by atoms with Crippen LogP contribution in [0.4, 0.5) is 0 Å². The molecule has 5 nitrogen and oxygen atoms in total. The Morgan fingerprint density at radius 1 is 1.06 bits per heavy atom. The van der Waals surface area contributed by atoms with E-state index in [9.17, 15) is 9.36 Å². The molecule has 164 valence electrons. The molecule has 0 spiro atoms. The van der Waals surface area contributed by atoms with Gasteiger partial charge in [0.15, 0.2) is 0 Å². The molecular formula is C23H25ClNO4PS. The third-order valence-electron chi connectivity index (χ3n) is 4.73. The summed E-state index contributed by atoms with van der Waals surface area (Å²) >= 11 is 7.82. The number of esters is 1. The smallest absolute Gasteiger partial charge is 0.409 e. The van der Waals surface area contributed by atoms with Crippen LogP contribution in [0.3, 0.4) is 0 Å². The highest BCUT2D eigenvalue weighted by Gasteiger charge is 2.32. The maximum Gasteiger partial charge on any atom is 0.409 e. The van der Waals surface area contributed by atoms with Crippen molar-refractivity contribution in [2.24, 2.45) is 0 Å². The zero-order valence-corrected chi connectivity index (χ0v) is 19.8. The van der Waals surface area contributed by atoms with E-state index in [0.717, 1.165) is 16.3 Å². The number of benzene rings is 3. The van der Waals surface area contributed by atoms with Crippen molar-refractivity contribution in [3.63, 3.8) is 0 Å². The number of hydrogen-bond donors (Lipinski definition) is 1. The first kappa shape index (κ1) is 23.7. The van der Waals surface area contributed by atoms with E-state index in [4.69, 9.17) is 20.5 Å². The highest BCUT2D eigenvalue weighted by atomic mass is 35.7. The van der Waals surface area contributed by atoms with Crippen LogP contribution in [-0.2, 0) is 14.1 Å². The monoisotopic (exact) mass is 477 g/mol. The Bertz CT molecular complexity index is 1060. The van der Waals surface area contributed by atoms with Crippen molar-refractivity contribution in [3.8, 4) is 5.75 Å². The Morgan fingerprint density at radius 2 is 1.74 bits per heavy atom. The Labute approximate surface area is 191 Å². The standard InChI is InChI=1S/C23H25ClNO4PS/c1-17(18-9-4-3-5-10-18)28-23(26)21(15-16-31-2)25-30(24,27)29-22-14-8-12-19-11-6-7-13-20(19)22/h3-14,17,21H,15-16H2,1-2H3,(H,25,27)/t17-,21-,30?/m0/s1. The summed E-state index contributed by atoms with van der Waals surface area (Å²) in [5.41, 5.74) is 0.875. The first-order chi connectivity index (χ1) is 14.9. The van der Waals surface area contributed by atoms with Crippen LogP contribution in [0.2, 0.25) is 0 Å².